The Labute approximate surface area is 148 Å². The van der Waals surface area contributed by atoms with E-state index < -0.39 is 10.2 Å². The maximum atomic E-state index is 13.2. The van der Waals surface area contributed by atoms with Crippen molar-refractivity contribution in [2.75, 3.05) is 26.2 Å². The summed E-state index contributed by atoms with van der Waals surface area (Å²) in [6.45, 7) is 6.19. The summed E-state index contributed by atoms with van der Waals surface area (Å²) in [7, 11) is -3.54. The zero-order valence-corrected chi connectivity index (χ0v) is 15.9. The van der Waals surface area contributed by atoms with Gasteiger partial charge in [0, 0.05) is 37.7 Å². The summed E-state index contributed by atoms with van der Waals surface area (Å²) < 4.78 is 41.0. The summed E-state index contributed by atoms with van der Waals surface area (Å²) in [6, 6.07) is 3.93. The molecular formula is C16H26N2O4S2. The van der Waals surface area contributed by atoms with Gasteiger partial charge in [0.2, 0.25) is 0 Å². The van der Waals surface area contributed by atoms with Crippen LogP contribution in [0.5, 0.6) is 0 Å². The monoisotopic (exact) mass is 374 g/mol. The molecule has 0 N–H and O–H groups in total. The number of hydrogen-bond acceptors (Lipinski definition) is 5. The van der Waals surface area contributed by atoms with Gasteiger partial charge < -0.3 is 9.47 Å². The van der Waals surface area contributed by atoms with Crippen LogP contribution in [0.2, 0.25) is 0 Å². The van der Waals surface area contributed by atoms with E-state index in [2.05, 4.69) is 0 Å². The lowest BCUT2D eigenvalue weighted by Crippen LogP contribution is -2.53. The van der Waals surface area contributed by atoms with E-state index in [1.54, 1.807) is 19.9 Å². The predicted molar refractivity (Wildman–Crippen MR) is 94.2 cm³/mol. The van der Waals surface area contributed by atoms with Crippen molar-refractivity contribution < 1.29 is 17.9 Å². The van der Waals surface area contributed by atoms with Crippen molar-refractivity contribution in [2.45, 2.75) is 51.5 Å². The van der Waals surface area contributed by atoms with Gasteiger partial charge >= 0.3 is 0 Å². The number of rotatable bonds is 6. The van der Waals surface area contributed by atoms with Crippen molar-refractivity contribution >= 4 is 21.5 Å². The van der Waals surface area contributed by atoms with Crippen LogP contribution < -0.4 is 0 Å². The van der Waals surface area contributed by atoms with Gasteiger partial charge in [-0.25, -0.2) is 0 Å². The topological polar surface area (TPSA) is 59.1 Å². The Balaban J connectivity index is 1.78. The minimum absolute atomic E-state index is 0.00405. The van der Waals surface area contributed by atoms with Gasteiger partial charge in [0.25, 0.3) is 10.2 Å². The lowest BCUT2D eigenvalue weighted by molar-refractivity contribution is -0.0458. The van der Waals surface area contributed by atoms with Crippen LogP contribution >= 0.6 is 11.3 Å². The summed E-state index contributed by atoms with van der Waals surface area (Å²) in [5, 5.41) is 1.98. The van der Waals surface area contributed by atoms with Crippen molar-refractivity contribution in [1.29, 1.82) is 0 Å². The molecule has 24 heavy (non-hydrogen) atoms. The maximum Gasteiger partial charge on any atom is 0.282 e. The van der Waals surface area contributed by atoms with Gasteiger partial charge in [-0.3, -0.25) is 0 Å². The maximum absolute atomic E-state index is 13.2. The summed E-state index contributed by atoms with van der Waals surface area (Å²) in [4.78, 5) is 1.05. The molecule has 0 bridgehead atoms. The number of ether oxygens (including phenoxy) is 2. The highest BCUT2D eigenvalue weighted by molar-refractivity contribution is 7.86. The minimum atomic E-state index is -3.54. The van der Waals surface area contributed by atoms with Gasteiger partial charge in [-0.05, 0) is 38.1 Å². The third-order valence-corrected chi connectivity index (χ3v) is 7.12. The molecule has 0 spiro atoms. The number of hydrogen-bond donors (Lipinski definition) is 0. The average molecular weight is 375 g/mol. The van der Waals surface area contributed by atoms with Crippen LogP contribution in [0.3, 0.4) is 0 Å². The van der Waals surface area contributed by atoms with Gasteiger partial charge in [0.15, 0.2) is 0 Å². The van der Waals surface area contributed by atoms with Gasteiger partial charge in [-0.15, -0.1) is 11.3 Å². The summed E-state index contributed by atoms with van der Waals surface area (Å²) in [5.74, 6) is 0. The Morgan fingerprint density at radius 2 is 2.08 bits per heavy atom. The van der Waals surface area contributed by atoms with Crippen LogP contribution in [0, 0.1) is 0 Å². The first kappa shape index (κ1) is 18.3. The fraction of sp³-hybridized carbons (Fsp3) is 0.750. The standard InChI is InChI=1S/C16H26N2O4S2/c1-13-9-17(10-14(2)22-13)24(19,20)18(11-15-5-3-7-21-15)12-16-6-4-8-23-16/h4,6,8,13-15H,3,5,7,9-12H2,1-2H3/t13-,14+,15-/m1/s1. The first-order chi connectivity index (χ1) is 11.4. The molecule has 0 saturated carbocycles. The molecule has 0 amide bonds. The second-order valence-electron chi connectivity index (χ2n) is 6.59. The zero-order valence-electron chi connectivity index (χ0n) is 14.3. The Morgan fingerprint density at radius 3 is 2.67 bits per heavy atom. The van der Waals surface area contributed by atoms with Crippen molar-refractivity contribution in [2.24, 2.45) is 0 Å². The van der Waals surface area contributed by atoms with Crippen LogP contribution in [0.4, 0.5) is 0 Å². The molecule has 3 rings (SSSR count). The predicted octanol–water partition coefficient (Wildman–Crippen LogP) is 2.08. The van der Waals surface area contributed by atoms with Gasteiger partial charge in [-0.2, -0.15) is 17.0 Å². The smallest absolute Gasteiger partial charge is 0.282 e. The SMILES string of the molecule is C[C@@H]1CN(S(=O)(=O)N(Cc2cccs2)C[C@H]2CCCO2)C[C@H](C)O1. The molecule has 2 fully saturated rings. The van der Waals surface area contributed by atoms with Crippen LogP contribution in [0.1, 0.15) is 31.6 Å². The quantitative estimate of drug-likeness (QED) is 0.765. The van der Waals surface area contributed by atoms with Crippen molar-refractivity contribution in [1.82, 2.24) is 8.61 Å². The van der Waals surface area contributed by atoms with Crippen LogP contribution in [0.25, 0.3) is 0 Å². The van der Waals surface area contributed by atoms with Crippen molar-refractivity contribution in [3.8, 4) is 0 Å². The van der Waals surface area contributed by atoms with E-state index in [9.17, 15) is 8.42 Å². The molecule has 136 valence electrons. The Morgan fingerprint density at radius 1 is 1.33 bits per heavy atom. The zero-order chi connectivity index (χ0) is 17.2. The van der Waals surface area contributed by atoms with Gasteiger partial charge in [0.1, 0.15) is 0 Å². The van der Waals surface area contributed by atoms with Crippen molar-refractivity contribution in [3.05, 3.63) is 22.4 Å². The van der Waals surface area contributed by atoms with E-state index in [1.807, 2.05) is 31.4 Å². The normalized spacial score (nSPS) is 29.4. The van der Waals surface area contributed by atoms with Gasteiger partial charge in [0.05, 0.1) is 18.3 Å². The molecule has 2 aliphatic rings. The summed E-state index contributed by atoms with van der Waals surface area (Å²) in [5.41, 5.74) is 0. The highest BCUT2D eigenvalue weighted by Gasteiger charge is 2.37. The fourth-order valence-corrected chi connectivity index (χ4v) is 5.90. The first-order valence-corrected chi connectivity index (χ1v) is 10.8. The molecule has 0 unspecified atom stereocenters. The largest absolute Gasteiger partial charge is 0.377 e. The first-order valence-electron chi connectivity index (χ1n) is 8.50. The fourth-order valence-electron chi connectivity index (χ4n) is 3.31. The number of morpholine rings is 1. The molecule has 6 nitrogen and oxygen atoms in total. The molecule has 0 aromatic carbocycles. The van der Waals surface area contributed by atoms with Crippen LogP contribution in [0.15, 0.2) is 17.5 Å². The number of thiophene rings is 1. The molecule has 0 aliphatic carbocycles. The lowest BCUT2D eigenvalue weighted by Gasteiger charge is -2.37. The highest BCUT2D eigenvalue weighted by atomic mass is 32.2. The summed E-state index contributed by atoms with van der Waals surface area (Å²) in [6.07, 6.45) is 1.75. The molecule has 1 aromatic heterocycles. The van der Waals surface area contributed by atoms with Crippen LogP contribution in [-0.4, -0.2) is 61.6 Å². The van der Waals surface area contributed by atoms with E-state index in [1.165, 1.54) is 0 Å². The molecule has 1 aromatic rings. The second kappa shape index (κ2) is 7.80. The lowest BCUT2D eigenvalue weighted by atomic mass is 10.2. The Hall–Kier alpha value is -0.510. The average Bonchev–Trinajstić information content (AvgIpc) is 3.19. The summed E-state index contributed by atoms with van der Waals surface area (Å²) >= 11 is 1.58. The van der Waals surface area contributed by atoms with E-state index in [0.717, 1.165) is 24.3 Å². The molecule has 8 heteroatoms. The molecule has 0 radical (unpaired) electrons. The highest BCUT2D eigenvalue weighted by Crippen LogP contribution is 2.23. The minimum Gasteiger partial charge on any atom is -0.377 e. The van der Waals surface area contributed by atoms with E-state index in [-0.39, 0.29) is 18.3 Å². The van der Waals surface area contributed by atoms with Gasteiger partial charge in [-0.1, -0.05) is 6.07 Å². The number of nitrogens with zero attached hydrogens (tertiary/aromatic N) is 2. The third-order valence-electron chi connectivity index (χ3n) is 4.38. The molecule has 2 saturated heterocycles. The Bertz CT molecular complexity index is 604. The molecular weight excluding hydrogens is 348 g/mol. The van der Waals surface area contributed by atoms with E-state index in [0.29, 0.717) is 26.2 Å². The molecule has 3 atom stereocenters. The Kier molecular flexibility index (Phi) is 5.94. The molecule has 3 heterocycles. The molecule has 2 aliphatic heterocycles. The van der Waals surface area contributed by atoms with E-state index in [4.69, 9.17) is 9.47 Å². The van der Waals surface area contributed by atoms with Crippen LogP contribution in [-0.2, 0) is 26.2 Å². The third kappa shape index (κ3) is 4.36. The van der Waals surface area contributed by atoms with Crippen molar-refractivity contribution in [3.63, 3.8) is 0 Å². The second-order valence-corrected chi connectivity index (χ2v) is 9.55. The van der Waals surface area contributed by atoms with E-state index >= 15 is 0 Å².